The first kappa shape index (κ1) is 12.4. The number of esters is 1. The van der Waals surface area contributed by atoms with E-state index in [1.165, 1.54) is 0 Å². The van der Waals surface area contributed by atoms with Gasteiger partial charge in [-0.05, 0) is 31.6 Å². The molecule has 1 saturated heterocycles. The predicted octanol–water partition coefficient (Wildman–Crippen LogP) is 1.63. The van der Waals surface area contributed by atoms with Crippen molar-refractivity contribution < 1.29 is 14.3 Å². The van der Waals surface area contributed by atoms with E-state index in [0.717, 1.165) is 19.3 Å². The van der Waals surface area contributed by atoms with Crippen LogP contribution in [0.2, 0.25) is 0 Å². The van der Waals surface area contributed by atoms with Crippen LogP contribution in [-0.4, -0.2) is 24.5 Å². The van der Waals surface area contributed by atoms with E-state index in [-0.39, 0.29) is 22.7 Å². The summed E-state index contributed by atoms with van der Waals surface area (Å²) in [6.45, 7) is 6.56. The van der Waals surface area contributed by atoms with Gasteiger partial charge in [-0.2, -0.15) is 0 Å². The lowest BCUT2D eigenvalue weighted by Crippen LogP contribution is -2.44. The lowest BCUT2D eigenvalue weighted by atomic mass is 9.76. The fourth-order valence-corrected chi connectivity index (χ4v) is 3.44. The van der Waals surface area contributed by atoms with Crippen LogP contribution >= 0.6 is 0 Å². The third-order valence-corrected chi connectivity index (χ3v) is 4.08. The zero-order valence-corrected chi connectivity index (χ0v) is 10.8. The lowest BCUT2D eigenvalue weighted by molar-refractivity contribution is -0.148. The van der Waals surface area contributed by atoms with E-state index < -0.39 is 6.04 Å². The Kier molecular flexibility index (Phi) is 2.92. The number of rotatable bonds is 2. The van der Waals surface area contributed by atoms with E-state index in [4.69, 9.17) is 4.74 Å². The van der Waals surface area contributed by atoms with Crippen LogP contribution in [0, 0.1) is 10.8 Å². The van der Waals surface area contributed by atoms with Crippen molar-refractivity contribution in [3.05, 3.63) is 0 Å². The van der Waals surface area contributed by atoms with Crippen molar-refractivity contribution in [1.82, 2.24) is 5.32 Å². The van der Waals surface area contributed by atoms with Crippen molar-refractivity contribution in [2.45, 2.75) is 52.5 Å². The molecule has 2 atom stereocenters. The molecule has 2 fully saturated rings. The van der Waals surface area contributed by atoms with Crippen LogP contribution in [0.5, 0.6) is 0 Å². The van der Waals surface area contributed by atoms with Crippen LogP contribution in [0.15, 0.2) is 0 Å². The Balaban J connectivity index is 2.20. The molecular weight excluding hydrogens is 218 g/mol. The van der Waals surface area contributed by atoms with Gasteiger partial charge in [0.15, 0.2) is 0 Å². The summed E-state index contributed by atoms with van der Waals surface area (Å²) in [6, 6.07) is -0.434. The Bertz CT molecular complexity index is 351. The molecule has 0 bridgehead atoms. The Hall–Kier alpha value is -1.06. The van der Waals surface area contributed by atoms with E-state index in [0.29, 0.717) is 13.0 Å². The van der Waals surface area contributed by atoms with E-state index in [9.17, 15) is 9.59 Å². The largest absolute Gasteiger partial charge is 0.464 e. The molecule has 1 aliphatic carbocycles. The molecule has 0 aromatic heterocycles. The molecule has 0 radical (unpaired) electrons. The molecule has 1 heterocycles. The molecule has 1 saturated carbocycles. The Morgan fingerprint density at radius 1 is 1.47 bits per heavy atom. The minimum atomic E-state index is -0.434. The summed E-state index contributed by atoms with van der Waals surface area (Å²) >= 11 is 0. The summed E-state index contributed by atoms with van der Waals surface area (Å²) in [5.41, 5.74) is 0.0177. The normalized spacial score (nSPS) is 35.0. The van der Waals surface area contributed by atoms with Gasteiger partial charge in [0.2, 0.25) is 5.91 Å². The Morgan fingerprint density at radius 3 is 2.71 bits per heavy atom. The molecule has 4 nitrogen and oxygen atoms in total. The Labute approximate surface area is 102 Å². The third-order valence-electron chi connectivity index (χ3n) is 4.08. The number of amides is 1. The molecule has 1 amide bonds. The van der Waals surface area contributed by atoms with Gasteiger partial charge in [-0.25, -0.2) is 4.79 Å². The zero-order valence-electron chi connectivity index (χ0n) is 10.8. The molecular formula is C13H21NO3. The van der Waals surface area contributed by atoms with Gasteiger partial charge in [-0.3, -0.25) is 4.79 Å². The van der Waals surface area contributed by atoms with E-state index in [2.05, 4.69) is 19.2 Å². The standard InChI is InChI=1S/C13H21NO3/c1-4-17-11(16)10-13(7-9(15)14-10)6-5-12(2,3)8-13/h10H,4-8H2,1-3H3,(H,14,15). The van der Waals surface area contributed by atoms with Crippen molar-refractivity contribution in [3.8, 4) is 0 Å². The minimum Gasteiger partial charge on any atom is -0.464 e. The van der Waals surface area contributed by atoms with Crippen LogP contribution in [0.25, 0.3) is 0 Å². The fourth-order valence-electron chi connectivity index (χ4n) is 3.44. The summed E-state index contributed by atoms with van der Waals surface area (Å²) in [6.07, 6.45) is 3.39. The average Bonchev–Trinajstić information content (AvgIpc) is 2.68. The Morgan fingerprint density at radius 2 is 2.18 bits per heavy atom. The molecule has 0 aromatic carbocycles. The van der Waals surface area contributed by atoms with Gasteiger partial charge in [0.25, 0.3) is 0 Å². The molecule has 1 aliphatic heterocycles. The van der Waals surface area contributed by atoms with Crippen molar-refractivity contribution in [3.63, 3.8) is 0 Å². The van der Waals surface area contributed by atoms with E-state index in [1.807, 2.05) is 0 Å². The van der Waals surface area contributed by atoms with Crippen LogP contribution < -0.4 is 5.32 Å². The predicted molar refractivity (Wildman–Crippen MR) is 63.2 cm³/mol. The number of hydrogen-bond acceptors (Lipinski definition) is 3. The van der Waals surface area contributed by atoms with Gasteiger partial charge < -0.3 is 10.1 Å². The maximum Gasteiger partial charge on any atom is 0.329 e. The first-order chi connectivity index (χ1) is 7.88. The van der Waals surface area contributed by atoms with Crippen LogP contribution in [0.3, 0.4) is 0 Å². The van der Waals surface area contributed by atoms with Crippen molar-refractivity contribution >= 4 is 11.9 Å². The second-order valence-electron chi connectivity index (χ2n) is 6.13. The summed E-state index contributed by atoms with van der Waals surface area (Å²) in [5.74, 6) is -0.281. The number of carbonyl (C=O) groups is 2. The highest BCUT2D eigenvalue weighted by Gasteiger charge is 2.56. The topological polar surface area (TPSA) is 55.4 Å². The van der Waals surface area contributed by atoms with Gasteiger partial charge in [-0.15, -0.1) is 0 Å². The lowest BCUT2D eigenvalue weighted by Gasteiger charge is -2.29. The molecule has 2 rings (SSSR count). The smallest absolute Gasteiger partial charge is 0.329 e. The summed E-state index contributed by atoms with van der Waals surface area (Å²) < 4.78 is 5.08. The second kappa shape index (κ2) is 4.00. The quantitative estimate of drug-likeness (QED) is 0.745. The second-order valence-corrected chi connectivity index (χ2v) is 6.13. The molecule has 17 heavy (non-hydrogen) atoms. The average molecular weight is 239 g/mol. The van der Waals surface area contributed by atoms with Crippen molar-refractivity contribution in [1.29, 1.82) is 0 Å². The van der Waals surface area contributed by atoms with Gasteiger partial charge in [0, 0.05) is 11.8 Å². The number of hydrogen-bond donors (Lipinski definition) is 1. The highest BCUT2D eigenvalue weighted by Crippen LogP contribution is 2.54. The number of ether oxygens (including phenoxy) is 1. The van der Waals surface area contributed by atoms with Gasteiger partial charge in [0.05, 0.1) is 6.61 Å². The van der Waals surface area contributed by atoms with Gasteiger partial charge >= 0.3 is 5.97 Å². The fraction of sp³-hybridized carbons (Fsp3) is 0.846. The van der Waals surface area contributed by atoms with Crippen molar-refractivity contribution in [2.75, 3.05) is 6.61 Å². The van der Waals surface area contributed by atoms with Gasteiger partial charge in [-0.1, -0.05) is 13.8 Å². The van der Waals surface area contributed by atoms with Crippen LogP contribution in [0.4, 0.5) is 0 Å². The molecule has 1 N–H and O–H groups in total. The molecule has 4 heteroatoms. The number of carbonyl (C=O) groups excluding carboxylic acids is 2. The van der Waals surface area contributed by atoms with Gasteiger partial charge in [0.1, 0.15) is 6.04 Å². The van der Waals surface area contributed by atoms with Crippen LogP contribution in [0.1, 0.15) is 46.5 Å². The maximum absolute atomic E-state index is 11.9. The zero-order chi connectivity index (χ0) is 12.7. The number of nitrogens with one attached hydrogen (secondary N) is 1. The van der Waals surface area contributed by atoms with Crippen LogP contribution in [-0.2, 0) is 14.3 Å². The molecule has 0 aromatic rings. The molecule has 1 spiro atoms. The third kappa shape index (κ3) is 2.17. The van der Waals surface area contributed by atoms with E-state index in [1.54, 1.807) is 6.92 Å². The highest BCUT2D eigenvalue weighted by atomic mass is 16.5. The van der Waals surface area contributed by atoms with Crippen molar-refractivity contribution in [2.24, 2.45) is 10.8 Å². The molecule has 96 valence electrons. The highest BCUT2D eigenvalue weighted by molar-refractivity contribution is 5.90. The summed E-state index contributed by atoms with van der Waals surface area (Å²) in [4.78, 5) is 23.5. The SMILES string of the molecule is CCOC(=O)C1NC(=O)CC12CCC(C)(C)C2. The summed E-state index contributed by atoms with van der Waals surface area (Å²) in [7, 11) is 0. The monoisotopic (exact) mass is 239 g/mol. The van der Waals surface area contributed by atoms with E-state index >= 15 is 0 Å². The summed E-state index contributed by atoms with van der Waals surface area (Å²) in [5, 5.41) is 2.80. The maximum atomic E-state index is 11.9. The molecule has 2 unspecified atom stereocenters. The molecule has 2 aliphatic rings. The minimum absolute atomic E-state index is 0.0132. The first-order valence-electron chi connectivity index (χ1n) is 6.35. The first-order valence-corrected chi connectivity index (χ1v) is 6.35.